The lowest BCUT2D eigenvalue weighted by molar-refractivity contribution is -0.140. The lowest BCUT2D eigenvalue weighted by Gasteiger charge is -2.34. The number of benzene rings is 3. The van der Waals surface area contributed by atoms with Crippen molar-refractivity contribution in [3.8, 4) is 0 Å². The standard InChI is InChI=1S/C29H31Cl4N3O4S/c1-4-19(2)34-29(38)27(13-20-9-6-5-7-10-20)35(17-24-25(32)11-8-12-26(24)33)28(37)18-36(41(3,39)40)23-15-21(30)14-22(31)16-23/h5-12,14-16,19,27H,4,13,17-18H2,1-3H3,(H,34,38). The summed E-state index contributed by atoms with van der Waals surface area (Å²) in [5.41, 5.74) is 1.34. The van der Waals surface area contributed by atoms with Crippen LogP contribution < -0.4 is 9.62 Å². The molecule has 3 rings (SSSR count). The van der Waals surface area contributed by atoms with Crippen LogP contribution in [0.2, 0.25) is 20.1 Å². The summed E-state index contributed by atoms with van der Waals surface area (Å²) in [5.74, 6) is -1.04. The molecule has 0 spiro atoms. The van der Waals surface area contributed by atoms with Crippen molar-refractivity contribution in [2.75, 3.05) is 17.1 Å². The van der Waals surface area contributed by atoms with E-state index in [-0.39, 0.29) is 34.7 Å². The van der Waals surface area contributed by atoms with E-state index in [1.54, 1.807) is 18.2 Å². The number of nitrogens with zero attached hydrogens (tertiary/aromatic N) is 2. The number of halogens is 4. The molecule has 12 heteroatoms. The molecular formula is C29H31Cl4N3O4S. The summed E-state index contributed by atoms with van der Waals surface area (Å²) in [6.07, 6.45) is 1.81. The third kappa shape index (κ3) is 9.25. The van der Waals surface area contributed by atoms with Crippen molar-refractivity contribution in [1.82, 2.24) is 10.2 Å². The highest BCUT2D eigenvalue weighted by Gasteiger charge is 2.34. The first-order valence-electron chi connectivity index (χ1n) is 12.8. The number of nitrogens with one attached hydrogen (secondary N) is 1. The van der Waals surface area contributed by atoms with Crippen LogP contribution >= 0.6 is 46.4 Å². The second kappa shape index (κ2) is 14.6. The molecule has 220 valence electrons. The number of sulfonamides is 1. The fourth-order valence-electron chi connectivity index (χ4n) is 4.15. The maximum Gasteiger partial charge on any atom is 0.244 e. The van der Waals surface area contributed by atoms with Gasteiger partial charge >= 0.3 is 0 Å². The molecule has 0 aliphatic rings. The third-order valence-electron chi connectivity index (χ3n) is 6.48. The highest BCUT2D eigenvalue weighted by Crippen LogP contribution is 2.30. The molecule has 0 aliphatic carbocycles. The minimum absolute atomic E-state index is 0.109. The van der Waals surface area contributed by atoms with Crippen LogP contribution in [0.15, 0.2) is 66.7 Å². The van der Waals surface area contributed by atoms with Crippen LogP contribution in [0.4, 0.5) is 5.69 Å². The van der Waals surface area contributed by atoms with Crippen molar-refractivity contribution < 1.29 is 18.0 Å². The molecule has 0 aliphatic heterocycles. The van der Waals surface area contributed by atoms with Crippen LogP contribution in [0.3, 0.4) is 0 Å². The van der Waals surface area contributed by atoms with E-state index in [4.69, 9.17) is 46.4 Å². The van der Waals surface area contributed by atoms with Gasteiger partial charge in [0.25, 0.3) is 0 Å². The number of carbonyl (C=O) groups excluding carboxylic acids is 2. The summed E-state index contributed by atoms with van der Waals surface area (Å²) in [5, 5.41) is 3.97. The Morgan fingerprint density at radius 3 is 2.02 bits per heavy atom. The first-order chi connectivity index (χ1) is 19.3. The minimum Gasteiger partial charge on any atom is -0.352 e. The topological polar surface area (TPSA) is 86.8 Å². The molecule has 0 saturated heterocycles. The Bertz CT molecular complexity index is 1450. The Balaban J connectivity index is 2.13. The highest BCUT2D eigenvalue weighted by atomic mass is 35.5. The van der Waals surface area contributed by atoms with Crippen molar-refractivity contribution >= 4 is 73.9 Å². The fraction of sp³-hybridized carbons (Fsp3) is 0.310. The van der Waals surface area contributed by atoms with E-state index in [2.05, 4.69) is 5.32 Å². The van der Waals surface area contributed by atoms with Gasteiger partial charge in [0.2, 0.25) is 21.8 Å². The zero-order chi connectivity index (χ0) is 30.3. The van der Waals surface area contributed by atoms with E-state index in [0.29, 0.717) is 22.0 Å². The first-order valence-corrected chi connectivity index (χ1v) is 16.2. The molecule has 41 heavy (non-hydrogen) atoms. The van der Waals surface area contributed by atoms with Gasteiger partial charge in [-0.2, -0.15) is 0 Å². The van der Waals surface area contributed by atoms with Crippen molar-refractivity contribution in [2.24, 2.45) is 0 Å². The fourth-order valence-corrected chi connectivity index (χ4v) is 6.01. The van der Waals surface area contributed by atoms with Crippen molar-refractivity contribution in [1.29, 1.82) is 0 Å². The number of rotatable bonds is 12. The van der Waals surface area contributed by atoms with Crippen LogP contribution in [0.25, 0.3) is 0 Å². The van der Waals surface area contributed by atoms with Crippen LogP contribution in [0.1, 0.15) is 31.4 Å². The molecule has 2 atom stereocenters. The summed E-state index contributed by atoms with van der Waals surface area (Å²) in [6.45, 7) is 3.03. The Hall–Kier alpha value is -2.49. The van der Waals surface area contributed by atoms with E-state index in [0.717, 1.165) is 16.1 Å². The van der Waals surface area contributed by atoms with Crippen LogP contribution in [0.5, 0.6) is 0 Å². The Morgan fingerprint density at radius 1 is 0.902 bits per heavy atom. The van der Waals surface area contributed by atoms with E-state index in [1.807, 2.05) is 44.2 Å². The number of hydrogen-bond acceptors (Lipinski definition) is 4. The molecule has 3 aromatic rings. The molecule has 0 aromatic heterocycles. The normalized spacial score (nSPS) is 12.9. The molecule has 0 bridgehead atoms. The summed E-state index contributed by atoms with van der Waals surface area (Å²) in [7, 11) is -3.98. The van der Waals surface area contributed by atoms with Crippen molar-refractivity contribution in [2.45, 2.75) is 45.3 Å². The monoisotopic (exact) mass is 657 g/mol. The molecule has 0 radical (unpaired) electrons. The summed E-state index contributed by atoms with van der Waals surface area (Å²) in [4.78, 5) is 29.2. The Labute approximate surface area is 261 Å². The SMILES string of the molecule is CCC(C)NC(=O)C(Cc1ccccc1)N(Cc1c(Cl)cccc1Cl)C(=O)CN(c1cc(Cl)cc(Cl)c1)S(C)(=O)=O. The quantitative estimate of drug-likeness (QED) is 0.237. The van der Waals surface area contributed by atoms with E-state index < -0.39 is 34.4 Å². The zero-order valence-electron chi connectivity index (χ0n) is 22.8. The molecule has 0 fully saturated rings. The van der Waals surface area contributed by atoms with Crippen LogP contribution in [-0.2, 0) is 32.6 Å². The molecule has 2 unspecified atom stereocenters. The molecule has 1 N–H and O–H groups in total. The van der Waals surface area contributed by atoms with E-state index >= 15 is 0 Å². The van der Waals surface area contributed by atoms with Gasteiger partial charge in [0.1, 0.15) is 12.6 Å². The second-order valence-electron chi connectivity index (χ2n) is 9.64. The molecule has 0 saturated carbocycles. The van der Waals surface area contributed by atoms with Gasteiger partial charge in [0.05, 0.1) is 11.9 Å². The summed E-state index contributed by atoms with van der Waals surface area (Å²) in [6, 6.07) is 17.2. The van der Waals surface area contributed by atoms with Gasteiger partial charge in [-0.25, -0.2) is 8.42 Å². The summed E-state index contributed by atoms with van der Waals surface area (Å²) >= 11 is 25.3. The zero-order valence-corrected chi connectivity index (χ0v) is 26.6. The predicted molar refractivity (Wildman–Crippen MR) is 167 cm³/mol. The van der Waals surface area contributed by atoms with Gasteiger partial charge < -0.3 is 10.2 Å². The lowest BCUT2D eigenvalue weighted by atomic mass is 10.0. The van der Waals surface area contributed by atoms with Crippen molar-refractivity contribution in [3.05, 3.63) is 97.9 Å². The molecule has 2 amide bonds. The van der Waals surface area contributed by atoms with E-state index in [1.165, 1.54) is 23.1 Å². The molecule has 3 aromatic carbocycles. The van der Waals surface area contributed by atoms with Gasteiger partial charge in [-0.05, 0) is 49.2 Å². The maximum absolute atomic E-state index is 14.1. The van der Waals surface area contributed by atoms with Crippen molar-refractivity contribution in [3.63, 3.8) is 0 Å². The van der Waals surface area contributed by atoms with Gasteiger partial charge in [-0.15, -0.1) is 0 Å². The number of carbonyl (C=O) groups is 2. The molecule has 0 heterocycles. The second-order valence-corrected chi connectivity index (χ2v) is 13.2. The number of hydrogen-bond donors (Lipinski definition) is 1. The smallest absolute Gasteiger partial charge is 0.244 e. The largest absolute Gasteiger partial charge is 0.352 e. The minimum atomic E-state index is -3.98. The average molecular weight is 659 g/mol. The predicted octanol–water partition coefficient (Wildman–Crippen LogP) is 6.62. The first kappa shape index (κ1) is 33.0. The molecular weight excluding hydrogens is 628 g/mol. The maximum atomic E-state index is 14.1. The number of anilines is 1. The van der Waals surface area contributed by atoms with Gasteiger partial charge in [-0.3, -0.25) is 13.9 Å². The average Bonchev–Trinajstić information content (AvgIpc) is 2.89. The van der Waals surface area contributed by atoms with Gasteiger partial charge in [0.15, 0.2) is 0 Å². The van der Waals surface area contributed by atoms with Crippen LogP contribution in [-0.4, -0.2) is 50.0 Å². The highest BCUT2D eigenvalue weighted by molar-refractivity contribution is 7.92. The van der Waals surface area contributed by atoms with E-state index in [9.17, 15) is 18.0 Å². The Kier molecular flexibility index (Phi) is 11.8. The Morgan fingerprint density at radius 2 is 1.49 bits per heavy atom. The molecule has 7 nitrogen and oxygen atoms in total. The van der Waals surface area contributed by atoms with Crippen LogP contribution in [0, 0.1) is 0 Å². The van der Waals surface area contributed by atoms with Gasteiger partial charge in [-0.1, -0.05) is 89.7 Å². The third-order valence-corrected chi connectivity index (χ3v) is 8.76. The number of amides is 2. The summed E-state index contributed by atoms with van der Waals surface area (Å²) < 4.78 is 26.7. The lowest BCUT2D eigenvalue weighted by Crippen LogP contribution is -2.54. The van der Waals surface area contributed by atoms with Gasteiger partial charge in [0, 0.05) is 44.7 Å².